The molecule has 1 rings (SSSR count). The molecule has 0 aromatic carbocycles. The summed E-state index contributed by atoms with van der Waals surface area (Å²) in [5, 5.41) is 3.39. The summed E-state index contributed by atoms with van der Waals surface area (Å²) in [7, 11) is 2.09. The van der Waals surface area contributed by atoms with Crippen molar-refractivity contribution in [1.29, 1.82) is 0 Å². The van der Waals surface area contributed by atoms with Crippen LogP contribution in [-0.4, -0.2) is 31.7 Å². The lowest BCUT2D eigenvalue weighted by Crippen LogP contribution is -2.30. The highest BCUT2D eigenvalue weighted by molar-refractivity contribution is 5.44. The molecule has 3 heteroatoms. The maximum atomic E-state index is 4.38. The van der Waals surface area contributed by atoms with E-state index in [1.165, 1.54) is 12.0 Å². The van der Waals surface area contributed by atoms with Gasteiger partial charge < -0.3 is 10.2 Å². The number of nitrogens with zero attached hydrogens (tertiary/aromatic N) is 2. The van der Waals surface area contributed by atoms with Crippen molar-refractivity contribution in [3.63, 3.8) is 0 Å². The van der Waals surface area contributed by atoms with Crippen molar-refractivity contribution in [3.8, 4) is 0 Å². The van der Waals surface area contributed by atoms with Crippen LogP contribution in [0.2, 0.25) is 0 Å². The fourth-order valence-electron chi connectivity index (χ4n) is 1.53. The number of aryl methyl sites for hydroxylation is 1. The predicted molar refractivity (Wildman–Crippen MR) is 65.4 cm³/mol. The maximum absolute atomic E-state index is 4.38. The van der Waals surface area contributed by atoms with Crippen LogP contribution in [0, 0.1) is 6.92 Å². The SMILES string of the molecule is CCCNCCN(C)c1ncccc1C. The molecule has 0 saturated carbocycles. The van der Waals surface area contributed by atoms with Crippen LogP contribution in [0.15, 0.2) is 18.3 Å². The molecule has 0 aliphatic heterocycles. The maximum Gasteiger partial charge on any atom is 0.131 e. The molecule has 0 atom stereocenters. The monoisotopic (exact) mass is 207 g/mol. The fraction of sp³-hybridized carbons (Fsp3) is 0.583. The van der Waals surface area contributed by atoms with Crippen LogP contribution >= 0.6 is 0 Å². The van der Waals surface area contributed by atoms with Gasteiger partial charge in [-0.3, -0.25) is 0 Å². The Labute approximate surface area is 92.5 Å². The van der Waals surface area contributed by atoms with Crippen LogP contribution in [0.25, 0.3) is 0 Å². The first-order chi connectivity index (χ1) is 7.25. The summed E-state index contributed by atoms with van der Waals surface area (Å²) in [4.78, 5) is 6.57. The van der Waals surface area contributed by atoms with E-state index in [1.807, 2.05) is 12.3 Å². The van der Waals surface area contributed by atoms with Gasteiger partial charge in [0.25, 0.3) is 0 Å². The fourth-order valence-corrected chi connectivity index (χ4v) is 1.53. The molecular weight excluding hydrogens is 186 g/mol. The Kier molecular flexibility index (Phi) is 5.12. The molecule has 0 bridgehead atoms. The molecule has 0 spiro atoms. The summed E-state index contributed by atoms with van der Waals surface area (Å²) in [6.45, 7) is 7.38. The standard InChI is InChI=1S/C12H21N3/c1-4-7-13-9-10-15(3)12-11(2)6-5-8-14-12/h5-6,8,13H,4,7,9-10H2,1-3H3. The Bertz CT molecular complexity index is 286. The van der Waals surface area contributed by atoms with Crippen LogP contribution in [0.1, 0.15) is 18.9 Å². The summed E-state index contributed by atoms with van der Waals surface area (Å²) >= 11 is 0. The van der Waals surface area contributed by atoms with E-state index in [0.717, 1.165) is 25.5 Å². The molecule has 0 aliphatic rings. The molecule has 0 fully saturated rings. The van der Waals surface area contributed by atoms with E-state index in [1.54, 1.807) is 0 Å². The first-order valence-corrected chi connectivity index (χ1v) is 5.59. The van der Waals surface area contributed by atoms with Crippen LogP contribution in [0.5, 0.6) is 0 Å². The van der Waals surface area contributed by atoms with Crippen LogP contribution in [0.3, 0.4) is 0 Å². The summed E-state index contributed by atoms with van der Waals surface area (Å²) in [5.41, 5.74) is 1.23. The first kappa shape index (κ1) is 12.0. The Hall–Kier alpha value is -1.09. The Morgan fingerprint density at radius 2 is 2.20 bits per heavy atom. The van der Waals surface area contributed by atoms with E-state index in [0.29, 0.717) is 0 Å². The second-order valence-corrected chi connectivity index (χ2v) is 3.82. The molecule has 15 heavy (non-hydrogen) atoms. The van der Waals surface area contributed by atoms with E-state index in [2.05, 4.69) is 42.2 Å². The normalized spacial score (nSPS) is 10.3. The summed E-state index contributed by atoms with van der Waals surface area (Å²) in [6, 6.07) is 4.07. The Morgan fingerprint density at radius 1 is 1.40 bits per heavy atom. The Balaban J connectivity index is 2.40. The van der Waals surface area contributed by atoms with Gasteiger partial charge in [0.2, 0.25) is 0 Å². The third-order valence-corrected chi connectivity index (χ3v) is 2.39. The third kappa shape index (κ3) is 3.88. The van der Waals surface area contributed by atoms with Crippen molar-refractivity contribution < 1.29 is 0 Å². The van der Waals surface area contributed by atoms with E-state index >= 15 is 0 Å². The number of aromatic nitrogens is 1. The molecule has 84 valence electrons. The van der Waals surface area contributed by atoms with Crippen LogP contribution in [-0.2, 0) is 0 Å². The van der Waals surface area contributed by atoms with Gasteiger partial charge in [0.05, 0.1) is 0 Å². The zero-order valence-electron chi connectivity index (χ0n) is 9.95. The number of hydrogen-bond acceptors (Lipinski definition) is 3. The number of anilines is 1. The zero-order valence-corrected chi connectivity index (χ0v) is 9.95. The molecule has 0 amide bonds. The third-order valence-electron chi connectivity index (χ3n) is 2.39. The topological polar surface area (TPSA) is 28.2 Å². The smallest absolute Gasteiger partial charge is 0.131 e. The summed E-state index contributed by atoms with van der Waals surface area (Å²) in [6.07, 6.45) is 3.03. The minimum absolute atomic E-state index is 0.998. The van der Waals surface area contributed by atoms with Gasteiger partial charge in [0, 0.05) is 26.3 Å². The second kappa shape index (κ2) is 6.40. The van der Waals surface area contributed by atoms with Crippen LogP contribution < -0.4 is 10.2 Å². The quantitative estimate of drug-likeness (QED) is 0.721. The van der Waals surface area contributed by atoms with E-state index in [-0.39, 0.29) is 0 Å². The highest BCUT2D eigenvalue weighted by Gasteiger charge is 2.03. The average Bonchev–Trinajstić information content (AvgIpc) is 2.25. The highest BCUT2D eigenvalue weighted by Crippen LogP contribution is 2.12. The minimum Gasteiger partial charge on any atom is -0.358 e. The van der Waals surface area contributed by atoms with Gasteiger partial charge in [-0.25, -0.2) is 4.98 Å². The van der Waals surface area contributed by atoms with E-state index in [4.69, 9.17) is 0 Å². The Morgan fingerprint density at radius 3 is 2.87 bits per heavy atom. The predicted octanol–water partition coefficient (Wildman–Crippen LogP) is 1.83. The van der Waals surface area contributed by atoms with E-state index < -0.39 is 0 Å². The van der Waals surface area contributed by atoms with E-state index in [9.17, 15) is 0 Å². The van der Waals surface area contributed by atoms with Crippen molar-refractivity contribution in [2.24, 2.45) is 0 Å². The van der Waals surface area contributed by atoms with Gasteiger partial charge >= 0.3 is 0 Å². The van der Waals surface area contributed by atoms with Crippen molar-refractivity contribution in [3.05, 3.63) is 23.9 Å². The molecule has 1 aromatic heterocycles. The van der Waals surface area contributed by atoms with Crippen LogP contribution in [0.4, 0.5) is 5.82 Å². The molecule has 1 N–H and O–H groups in total. The van der Waals surface area contributed by atoms with Crippen molar-refractivity contribution >= 4 is 5.82 Å². The van der Waals surface area contributed by atoms with Gasteiger partial charge in [0.15, 0.2) is 0 Å². The first-order valence-electron chi connectivity index (χ1n) is 5.59. The lowest BCUT2D eigenvalue weighted by molar-refractivity contribution is 0.663. The lowest BCUT2D eigenvalue weighted by atomic mass is 10.3. The summed E-state index contributed by atoms with van der Waals surface area (Å²) in [5.74, 6) is 1.08. The number of rotatable bonds is 6. The molecule has 1 aromatic rings. The minimum atomic E-state index is 0.998. The number of likely N-dealkylation sites (N-methyl/N-ethyl adjacent to an activating group) is 1. The van der Waals surface area contributed by atoms with Crippen molar-refractivity contribution in [1.82, 2.24) is 10.3 Å². The zero-order chi connectivity index (χ0) is 11.1. The lowest BCUT2D eigenvalue weighted by Gasteiger charge is -2.19. The van der Waals surface area contributed by atoms with Crippen molar-refractivity contribution in [2.45, 2.75) is 20.3 Å². The summed E-state index contributed by atoms with van der Waals surface area (Å²) < 4.78 is 0. The molecule has 0 unspecified atom stereocenters. The second-order valence-electron chi connectivity index (χ2n) is 3.82. The van der Waals surface area contributed by atoms with Gasteiger partial charge in [-0.15, -0.1) is 0 Å². The largest absolute Gasteiger partial charge is 0.358 e. The highest BCUT2D eigenvalue weighted by atomic mass is 15.2. The molecule has 3 nitrogen and oxygen atoms in total. The average molecular weight is 207 g/mol. The van der Waals surface area contributed by atoms with Gasteiger partial charge in [-0.2, -0.15) is 0 Å². The van der Waals surface area contributed by atoms with Crippen molar-refractivity contribution in [2.75, 3.05) is 31.6 Å². The molecule has 0 saturated heterocycles. The molecule has 1 heterocycles. The number of nitrogens with one attached hydrogen (secondary N) is 1. The number of pyridine rings is 1. The molecule has 0 aliphatic carbocycles. The molecule has 0 radical (unpaired) electrons. The van der Waals surface area contributed by atoms with Gasteiger partial charge in [-0.1, -0.05) is 13.0 Å². The van der Waals surface area contributed by atoms with Gasteiger partial charge in [-0.05, 0) is 31.5 Å². The van der Waals surface area contributed by atoms with Gasteiger partial charge in [0.1, 0.15) is 5.82 Å². The number of hydrogen-bond donors (Lipinski definition) is 1. The molecular formula is C12H21N3.